The van der Waals surface area contributed by atoms with Crippen molar-refractivity contribution in [2.45, 2.75) is 17.1 Å². The first-order chi connectivity index (χ1) is 9.56. The Kier molecular flexibility index (Phi) is 5.20. The number of hydrogen-bond acceptors (Lipinski definition) is 2. The van der Waals surface area contributed by atoms with Crippen LogP contribution >= 0.6 is 27.7 Å². The highest BCUT2D eigenvalue weighted by atomic mass is 79.9. The van der Waals surface area contributed by atoms with Gasteiger partial charge in [0.1, 0.15) is 5.82 Å². The maximum Gasteiger partial charge on any atom is 0.237 e. The fourth-order valence-corrected chi connectivity index (χ4v) is 2.71. The maximum absolute atomic E-state index is 13.5. The van der Waals surface area contributed by atoms with Gasteiger partial charge < -0.3 is 5.32 Å². The molecule has 0 aliphatic rings. The molecular weight excluding hydrogens is 341 g/mol. The molecule has 2 aromatic rings. The third-order valence-corrected chi connectivity index (χ3v) is 4.30. The number of hydrogen-bond donors (Lipinski definition) is 1. The zero-order chi connectivity index (χ0) is 14.5. The lowest BCUT2D eigenvalue weighted by Gasteiger charge is -2.12. The van der Waals surface area contributed by atoms with E-state index in [1.807, 2.05) is 24.3 Å². The Morgan fingerprint density at radius 3 is 2.50 bits per heavy atom. The lowest BCUT2D eigenvalue weighted by atomic mass is 10.3. The van der Waals surface area contributed by atoms with Crippen LogP contribution in [0.25, 0.3) is 0 Å². The molecule has 1 N–H and O–H groups in total. The third-order valence-electron chi connectivity index (χ3n) is 2.62. The Morgan fingerprint density at radius 1 is 1.20 bits per heavy atom. The summed E-state index contributed by atoms with van der Waals surface area (Å²) in [5.74, 6) is -0.457. The van der Waals surface area contributed by atoms with Crippen molar-refractivity contribution in [1.29, 1.82) is 0 Å². The van der Waals surface area contributed by atoms with Crippen molar-refractivity contribution in [3.8, 4) is 0 Å². The second-order valence-electron chi connectivity index (χ2n) is 4.19. The van der Waals surface area contributed by atoms with Crippen molar-refractivity contribution in [2.24, 2.45) is 0 Å². The smallest absolute Gasteiger partial charge is 0.237 e. The van der Waals surface area contributed by atoms with Crippen molar-refractivity contribution in [1.82, 2.24) is 0 Å². The molecule has 2 nitrogen and oxygen atoms in total. The Balaban J connectivity index is 1.99. The van der Waals surface area contributed by atoms with Crippen LogP contribution in [0.1, 0.15) is 6.92 Å². The zero-order valence-corrected chi connectivity index (χ0v) is 13.2. The Morgan fingerprint density at radius 2 is 1.85 bits per heavy atom. The predicted molar refractivity (Wildman–Crippen MR) is 84.5 cm³/mol. The first kappa shape index (κ1) is 15.1. The number of thioether (sulfide) groups is 1. The molecule has 0 radical (unpaired) electrons. The van der Waals surface area contributed by atoms with Gasteiger partial charge in [-0.2, -0.15) is 0 Å². The van der Waals surface area contributed by atoms with Crippen LogP contribution in [0.4, 0.5) is 10.1 Å². The first-order valence-electron chi connectivity index (χ1n) is 6.04. The average Bonchev–Trinajstić information content (AvgIpc) is 2.44. The summed E-state index contributed by atoms with van der Waals surface area (Å²) >= 11 is 4.54. The van der Waals surface area contributed by atoms with E-state index in [1.54, 1.807) is 25.1 Å². The highest BCUT2D eigenvalue weighted by Crippen LogP contribution is 2.26. The van der Waals surface area contributed by atoms with Gasteiger partial charge in [0.15, 0.2) is 0 Å². The number of carbonyl (C=O) groups is 1. The van der Waals surface area contributed by atoms with E-state index in [-0.39, 0.29) is 17.0 Å². The lowest BCUT2D eigenvalue weighted by Crippen LogP contribution is -2.22. The average molecular weight is 354 g/mol. The number of rotatable bonds is 4. The molecule has 1 amide bonds. The summed E-state index contributed by atoms with van der Waals surface area (Å²) in [4.78, 5) is 12.5. The first-order valence-corrected chi connectivity index (χ1v) is 7.71. The normalized spacial score (nSPS) is 11.9. The third kappa shape index (κ3) is 4.08. The number of benzene rings is 2. The van der Waals surface area contributed by atoms with E-state index in [0.717, 1.165) is 10.2 Å². The van der Waals surface area contributed by atoms with E-state index in [1.165, 1.54) is 17.8 Å². The molecule has 0 fully saturated rings. The Bertz CT molecular complexity index is 603. The van der Waals surface area contributed by atoms with Gasteiger partial charge in [0.25, 0.3) is 0 Å². The van der Waals surface area contributed by atoms with Gasteiger partial charge in [0, 0.05) is 15.1 Å². The Labute approximate surface area is 129 Å². The van der Waals surface area contributed by atoms with Crippen LogP contribution in [-0.4, -0.2) is 11.2 Å². The van der Waals surface area contributed by atoms with Crippen LogP contribution in [0.2, 0.25) is 0 Å². The van der Waals surface area contributed by atoms with E-state index in [9.17, 15) is 9.18 Å². The standard InChI is InChI=1S/C15H13BrFNOS/c1-10(20-14-5-3-2-4-13(14)17)15(19)18-12-8-6-11(16)7-9-12/h2-10H,1H3,(H,18,19)/t10-/m1/s1. The molecule has 5 heteroatoms. The summed E-state index contributed by atoms with van der Waals surface area (Å²) in [6.07, 6.45) is 0. The molecule has 0 aliphatic heterocycles. The second-order valence-corrected chi connectivity index (χ2v) is 6.48. The molecule has 0 aromatic heterocycles. The molecule has 2 rings (SSSR count). The summed E-state index contributed by atoms with van der Waals surface area (Å²) in [5, 5.41) is 2.43. The van der Waals surface area contributed by atoms with Crippen LogP contribution in [0, 0.1) is 5.82 Å². The van der Waals surface area contributed by atoms with Gasteiger partial charge >= 0.3 is 0 Å². The van der Waals surface area contributed by atoms with Crippen molar-refractivity contribution >= 4 is 39.3 Å². The quantitative estimate of drug-likeness (QED) is 0.806. The molecule has 0 saturated heterocycles. The number of nitrogens with one attached hydrogen (secondary N) is 1. The minimum absolute atomic E-state index is 0.152. The minimum Gasteiger partial charge on any atom is -0.325 e. The summed E-state index contributed by atoms with van der Waals surface area (Å²) in [6.45, 7) is 1.76. The molecule has 0 heterocycles. The van der Waals surface area contributed by atoms with E-state index in [4.69, 9.17) is 0 Å². The topological polar surface area (TPSA) is 29.1 Å². The van der Waals surface area contributed by atoms with Gasteiger partial charge in [-0.3, -0.25) is 4.79 Å². The van der Waals surface area contributed by atoms with Crippen molar-refractivity contribution in [3.05, 3.63) is 58.8 Å². The van der Waals surface area contributed by atoms with E-state index in [0.29, 0.717) is 4.90 Å². The van der Waals surface area contributed by atoms with E-state index < -0.39 is 0 Å². The molecule has 0 spiro atoms. The van der Waals surface area contributed by atoms with E-state index >= 15 is 0 Å². The highest BCUT2D eigenvalue weighted by Gasteiger charge is 2.16. The van der Waals surface area contributed by atoms with Crippen LogP contribution in [0.15, 0.2) is 57.9 Å². The molecule has 0 aliphatic carbocycles. The molecule has 2 aromatic carbocycles. The molecule has 0 bridgehead atoms. The summed E-state index contributed by atoms with van der Waals surface area (Å²) in [5.41, 5.74) is 0.721. The molecule has 1 atom stereocenters. The molecule has 0 saturated carbocycles. The van der Waals surface area contributed by atoms with Crippen molar-refractivity contribution < 1.29 is 9.18 Å². The highest BCUT2D eigenvalue weighted by molar-refractivity contribution is 9.10. The van der Waals surface area contributed by atoms with Gasteiger partial charge in [-0.15, -0.1) is 11.8 Å². The largest absolute Gasteiger partial charge is 0.325 e. The molecule has 0 unspecified atom stereocenters. The lowest BCUT2D eigenvalue weighted by molar-refractivity contribution is -0.115. The number of anilines is 1. The van der Waals surface area contributed by atoms with Crippen LogP contribution in [0.5, 0.6) is 0 Å². The molecular formula is C15H13BrFNOS. The molecule has 104 valence electrons. The van der Waals surface area contributed by atoms with Crippen molar-refractivity contribution in [2.75, 3.05) is 5.32 Å². The van der Waals surface area contributed by atoms with Crippen LogP contribution in [0.3, 0.4) is 0 Å². The van der Waals surface area contributed by atoms with Crippen LogP contribution < -0.4 is 5.32 Å². The number of halogens is 2. The Hall–Kier alpha value is -1.33. The maximum atomic E-state index is 13.5. The number of amides is 1. The summed E-state index contributed by atoms with van der Waals surface area (Å²) < 4.78 is 14.5. The van der Waals surface area contributed by atoms with Crippen molar-refractivity contribution in [3.63, 3.8) is 0 Å². The van der Waals surface area contributed by atoms with Gasteiger partial charge in [0.2, 0.25) is 5.91 Å². The van der Waals surface area contributed by atoms with Gasteiger partial charge in [-0.25, -0.2) is 4.39 Å². The fourth-order valence-electron chi connectivity index (χ4n) is 1.56. The van der Waals surface area contributed by atoms with Gasteiger partial charge in [0.05, 0.1) is 5.25 Å². The summed E-state index contributed by atoms with van der Waals surface area (Å²) in [6, 6.07) is 13.8. The minimum atomic E-state index is -0.379. The molecule has 20 heavy (non-hydrogen) atoms. The fraction of sp³-hybridized carbons (Fsp3) is 0.133. The number of carbonyl (C=O) groups excluding carboxylic acids is 1. The predicted octanol–water partition coefficient (Wildman–Crippen LogP) is 4.71. The van der Waals surface area contributed by atoms with Crippen LogP contribution in [-0.2, 0) is 4.79 Å². The SMILES string of the molecule is C[C@@H](Sc1ccccc1F)C(=O)Nc1ccc(Br)cc1. The van der Waals surface area contributed by atoms with Gasteiger partial charge in [-0.05, 0) is 43.3 Å². The van der Waals surface area contributed by atoms with E-state index in [2.05, 4.69) is 21.2 Å². The van der Waals surface area contributed by atoms with Gasteiger partial charge in [-0.1, -0.05) is 28.1 Å². The second kappa shape index (κ2) is 6.90. The summed E-state index contributed by atoms with van der Waals surface area (Å²) in [7, 11) is 0. The monoisotopic (exact) mass is 353 g/mol. The zero-order valence-electron chi connectivity index (χ0n) is 10.8.